The maximum Gasteiger partial charge on any atom is 0.272 e. The van der Waals surface area contributed by atoms with Crippen LogP contribution in [-0.2, 0) is 11.3 Å². The number of amides is 1. The zero-order valence-corrected chi connectivity index (χ0v) is 13.3. The summed E-state index contributed by atoms with van der Waals surface area (Å²) in [7, 11) is 1.48. The number of methoxy groups -OCH3 is 1. The Morgan fingerprint density at radius 3 is 2.79 bits per heavy atom. The molecule has 1 aromatic heterocycles. The number of hydrogen-bond acceptors (Lipinski definition) is 4. The van der Waals surface area contributed by atoms with Gasteiger partial charge in [0, 0.05) is 18.7 Å². The number of aromatic nitrogens is 2. The Morgan fingerprint density at radius 1 is 1.33 bits per heavy atom. The van der Waals surface area contributed by atoms with Crippen molar-refractivity contribution < 1.29 is 18.3 Å². The van der Waals surface area contributed by atoms with Gasteiger partial charge < -0.3 is 10.1 Å². The summed E-state index contributed by atoms with van der Waals surface area (Å²) in [5.74, 6) is -1.82. The van der Waals surface area contributed by atoms with Crippen molar-refractivity contribution in [2.45, 2.75) is 19.5 Å². The van der Waals surface area contributed by atoms with Crippen molar-refractivity contribution in [1.82, 2.24) is 15.1 Å². The average Bonchev–Trinajstić information content (AvgIpc) is 2.56. The van der Waals surface area contributed by atoms with Crippen LogP contribution in [0.1, 0.15) is 29.0 Å². The molecule has 0 spiro atoms. The highest BCUT2D eigenvalue weighted by atomic mass is 19.1. The van der Waals surface area contributed by atoms with E-state index < -0.39 is 23.6 Å². The van der Waals surface area contributed by atoms with E-state index >= 15 is 0 Å². The summed E-state index contributed by atoms with van der Waals surface area (Å²) >= 11 is 0. The fourth-order valence-electron chi connectivity index (χ4n) is 2.10. The van der Waals surface area contributed by atoms with E-state index in [0.717, 1.165) is 22.9 Å². The van der Waals surface area contributed by atoms with Crippen LogP contribution in [-0.4, -0.2) is 29.4 Å². The first-order valence-corrected chi connectivity index (χ1v) is 7.25. The predicted octanol–water partition coefficient (Wildman–Crippen LogP) is 1.66. The molecule has 24 heavy (non-hydrogen) atoms. The van der Waals surface area contributed by atoms with Crippen molar-refractivity contribution in [1.29, 1.82) is 0 Å². The first-order chi connectivity index (χ1) is 11.4. The van der Waals surface area contributed by atoms with Crippen LogP contribution in [0.25, 0.3) is 0 Å². The van der Waals surface area contributed by atoms with Crippen molar-refractivity contribution in [2.24, 2.45) is 0 Å². The summed E-state index contributed by atoms with van der Waals surface area (Å²) in [4.78, 5) is 23.9. The molecule has 1 aromatic carbocycles. The van der Waals surface area contributed by atoms with E-state index in [1.54, 1.807) is 0 Å². The van der Waals surface area contributed by atoms with E-state index in [9.17, 15) is 18.4 Å². The van der Waals surface area contributed by atoms with Crippen molar-refractivity contribution >= 4 is 5.91 Å². The van der Waals surface area contributed by atoms with Gasteiger partial charge in [0.15, 0.2) is 0 Å². The minimum atomic E-state index is -0.769. The van der Waals surface area contributed by atoms with E-state index in [1.165, 1.54) is 26.2 Å². The van der Waals surface area contributed by atoms with Crippen molar-refractivity contribution in [3.8, 4) is 0 Å². The quantitative estimate of drug-likeness (QED) is 0.870. The Balaban J connectivity index is 2.17. The largest absolute Gasteiger partial charge is 0.383 e. The van der Waals surface area contributed by atoms with Crippen LogP contribution >= 0.6 is 0 Å². The summed E-state index contributed by atoms with van der Waals surface area (Å²) in [6.45, 7) is 1.99. The van der Waals surface area contributed by atoms with Gasteiger partial charge in [0.1, 0.15) is 17.3 Å². The summed E-state index contributed by atoms with van der Waals surface area (Å²) < 4.78 is 33.0. The molecule has 1 N–H and O–H groups in total. The van der Waals surface area contributed by atoms with Crippen LogP contribution in [0.4, 0.5) is 8.78 Å². The second-order valence-electron chi connectivity index (χ2n) is 5.13. The Morgan fingerprint density at radius 2 is 2.08 bits per heavy atom. The Hall–Kier alpha value is -2.61. The number of carbonyl (C=O) groups excluding carboxylic acids is 1. The minimum absolute atomic E-state index is 0.00522. The molecule has 6 nitrogen and oxygen atoms in total. The lowest BCUT2D eigenvalue weighted by Gasteiger charge is -2.15. The lowest BCUT2D eigenvalue weighted by Crippen LogP contribution is -2.32. The predicted molar refractivity (Wildman–Crippen MR) is 82.6 cm³/mol. The molecule has 2 rings (SSSR count). The number of hydrogen-bond donors (Lipinski definition) is 1. The molecular formula is C16H17F2N3O3. The maximum atomic E-state index is 13.7. The van der Waals surface area contributed by atoms with Gasteiger partial charge in [0.25, 0.3) is 11.5 Å². The van der Waals surface area contributed by atoms with Gasteiger partial charge in [-0.15, -0.1) is 0 Å². The molecule has 0 saturated heterocycles. The maximum absolute atomic E-state index is 13.7. The fourth-order valence-corrected chi connectivity index (χ4v) is 2.10. The van der Waals surface area contributed by atoms with Crippen LogP contribution in [0.5, 0.6) is 0 Å². The second-order valence-corrected chi connectivity index (χ2v) is 5.13. The van der Waals surface area contributed by atoms with Crippen LogP contribution in [0.15, 0.2) is 35.1 Å². The minimum Gasteiger partial charge on any atom is -0.383 e. The number of rotatable bonds is 6. The third-order valence-electron chi connectivity index (χ3n) is 3.38. The number of nitrogens with one attached hydrogen (secondary N) is 1. The normalized spacial score (nSPS) is 12.0. The molecule has 0 aliphatic rings. The molecule has 0 aliphatic heterocycles. The summed E-state index contributed by atoms with van der Waals surface area (Å²) in [6.07, 6.45) is 0. The van der Waals surface area contributed by atoms with Crippen LogP contribution in [0, 0.1) is 11.6 Å². The molecule has 1 heterocycles. The molecule has 0 fully saturated rings. The zero-order valence-electron chi connectivity index (χ0n) is 13.3. The lowest BCUT2D eigenvalue weighted by atomic mass is 10.1. The van der Waals surface area contributed by atoms with E-state index in [4.69, 9.17) is 4.74 Å². The molecule has 8 heteroatoms. The van der Waals surface area contributed by atoms with Crippen molar-refractivity contribution in [2.75, 3.05) is 13.7 Å². The standard InChI is InChI=1S/C16H17F2N3O3/c1-10(12-9-11(17)3-4-13(12)18)19-16(23)14-5-6-15(22)21(20-14)7-8-24-2/h3-6,9-10H,7-8H2,1-2H3,(H,19,23)/t10-/m1/s1. The summed E-state index contributed by atoms with van der Waals surface area (Å²) in [5, 5.41) is 6.47. The molecule has 1 amide bonds. The molecule has 2 aromatic rings. The SMILES string of the molecule is COCCn1nc(C(=O)N[C@H](C)c2cc(F)ccc2F)ccc1=O. The first kappa shape index (κ1) is 17.7. The van der Waals surface area contributed by atoms with Gasteiger partial charge in [0.2, 0.25) is 0 Å². The molecule has 1 atom stereocenters. The van der Waals surface area contributed by atoms with E-state index in [-0.39, 0.29) is 30.0 Å². The smallest absolute Gasteiger partial charge is 0.272 e. The van der Waals surface area contributed by atoms with Crippen molar-refractivity contribution in [3.05, 3.63) is 63.6 Å². The number of ether oxygens (including phenoxy) is 1. The van der Waals surface area contributed by atoms with Gasteiger partial charge in [-0.25, -0.2) is 13.5 Å². The van der Waals surface area contributed by atoms with Gasteiger partial charge in [-0.2, -0.15) is 5.10 Å². The highest BCUT2D eigenvalue weighted by Crippen LogP contribution is 2.18. The van der Waals surface area contributed by atoms with Gasteiger partial charge in [-0.3, -0.25) is 9.59 Å². The third kappa shape index (κ3) is 4.23. The average molecular weight is 337 g/mol. The topological polar surface area (TPSA) is 73.2 Å². The van der Waals surface area contributed by atoms with Gasteiger partial charge in [-0.05, 0) is 31.2 Å². The fraction of sp³-hybridized carbons (Fsp3) is 0.312. The Labute approximate surface area is 137 Å². The Kier molecular flexibility index (Phi) is 5.75. The second kappa shape index (κ2) is 7.78. The van der Waals surface area contributed by atoms with E-state index in [2.05, 4.69) is 10.4 Å². The molecule has 0 unspecified atom stereocenters. The first-order valence-electron chi connectivity index (χ1n) is 7.25. The summed E-state index contributed by atoms with van der Waals surface area (Å²) in [6, 6.07) is 4.74. The lowest BCUT2D eigenvalue weighted by molar-refractivity contribution is 0.0930. The molecule has 0 bridgehead atoms. The number of nitrogens with zero attached hydrogens (tertiary/aromatic N) is 2. The highest BCUT2D eigenvalue weighted by molar-refractivity contribution is 5.92. The van der Waals surface area contributed by atoms with Crippen LogP contribution in [0.2, 0.25) is 0 Å². The third-order valence-corrected chi connectivity index (χ3v) is 3.38. The van der Waals surface area contributed by atoms with Gasteiger partial charge in [0.05, 0.1) is 19.2 Å². The van der Waals surface area contributed by atoms with E-state index in [0.29, 0.717) is 0 Å². The number of halogens is 2. The van der Waals surface area contributed by atoms with Gasteiger partial charge >= 0.3 is 0 Å². The van der Waals surface area contributed by atoms with Crippen LogP contribution < -0.4 is 10.9 Å². The van der Waals surface area contributed by atoms with E-state index in [1.807, 2.05) is 0 Å². The van der Waals surface area contributed by atoms with Crippen LogP contribution in [0.3, 0.4) is 0 Å². The molecule has 128 valence electrons. The zero-order chi connectivity index (χ0) is 17.7. The highest BCUT2D eigenvalue weighted by Gasteiger charge is 2.17. The molecule has 0 aliphatic carbocycles. The molecule has 0 saturated carbocycles. The number of carbonyl (C=O) groups is 1. The van der Waals surface area contributed by atoms with Crippen molar-refractivity contribution in [3.63, 3.8) is 0 Å². The monoisotopic (exact) mass is 337 g/mol. The molecule has 0 radical (unpaired) electrons. The molecular weight excluding hydrogens is 320 g/mol. The summed E-state index contributed by atoms with van der Waals surface area (Å²) in [5.41, 5.74) is -0.349. The van der Waals surface area contributed by atoms with Gasteiger partial charge in [-0.1, -0.05) is 0 Å². The number of benzene rings is 1. The Bertz CT molecular complexity index is 792.